The number of hydrogen-bond acceptors (Lipinski definition) is 3. The number of amides is 4. The number of benzene rings is 3. The van der Waals surface area contributed by atoms with Crippen molar-refractivity contribution < 1.29 is 14.4 Å². The molecule has 4 amide bonds. The van der Waals surface area contributed by atoms with E-state index in [0.717, 1.165) is 16.7 Å². The van der Waals surface area contributed by atoms with E-state index in [9.17, 15) is 14.4 Å². The van der Waals surface area contributed by atoms with E-state index in [4.69, 9.17) is 11.6 Å². The number of carbonyl (C=O) groups is 3. The van der Waals surface area contributed by atoms with Gasteiger partial charge in [0.15, 0.2) is 0 Å². The van der Waals surface area contributed by atoms with Crippen molar-refractivity contribution in [3.63, 3.8) is 0 Å². The molecule has 0 saturated carbocycles. The summed E-state index contributed by atoms with van der Waals surface area (Å²) in [5, 5.41) is 9.13. The molecule has 4 rings (SSSR count). The summed E-state index contributed by atoms with van der Waals surface area (Å²) in [6.07, 6.45) is 0.300. The molecule has 0 bridgehead atoms. The lowest BCUT2D eigenvalue weighted by atomic mass is 9.86. The number of carbonyl (C=O) groups excluding carboxylic acids is 3. The number of urea groups is 1. The van der Waals surface area contributed by atoms with Crippen LogP contribution in [-0.2, 0) is 9.59 Å². The number of nitrogens with one attached hydrogen (secondary N) is 3. The summed E-state index contributed by atoms with van der Waals surface area (Å²) in [6.45, 7) is 7.42. The maximum atomic E-state index is 14.0. The molecule has 0 fully saturated rings. The Morgan fingerprint density at radius 2 is 1.68 bits per heavy atom. The highest BCUT2D eigenvalue weighted by molar-refractivity contribution is 6.30. The van der Waals surface area contributed by atoms with Crippen molar-refractivity contribution in [2.24, 2.45) is 0 Å². The Labute approximate surface area is 228 Å². The molecular formula is C30H33ClN4O3. The average Bonchev–Trinajstić information content (AvgIpc) is 2.95. The fourth-order valence-electron chi connectivity index (χ4n) is 4.67. The molecule has 3 aromatic carbocycles. The zero-order valence-corrected chi connectivity index (χ0v) is 22.8. The molecule has 38 heavy (non-hydrogen) atoms. The second-order valence-electron chi connectivity index (χ2n) is 10.6. The molecule has 0 spiro atoms. The largest absolute Gasteiger partial charge is 0.350 e. The van der Waals surface area contributed by atoms with Gasteiger partial charge in [0.05, 0.1) is 0 Å². The molecule has 3 N–H and O–H groups in total. The van der Waals surface area contributed by atoms with Gasteiger partial charge < -0.3 is 20.9 Å². The van der Waals surface area contributed by atoms with E-state index in [1.165, 1.54) is 4.90 Å². The minimum absolute atomic E-state index is 0.190. The van der Waals surface area contributed by atoms with Crippen LogP contribution in [0.3, 0.4) is 0 Å². The van der Waals surface area contributed by atoms with Gasteiger partial charge in [0.2, 0.25) is 11.8 Å². The zero-order chi connectivity index (χ0) is 27.4. The van der Waals surface area contributed by atoms with Gasteiger partial charge in [-0.1, -0.05) is 59.6 Å². The number of anilines is 2. The first-order valence-corrected chi connectivity index (χ1v) is 13.0. The van der Waals surface area contributed by atoms with Crippen molar-refractivity contribution in [1.82, 2.24) is 10.6 Å². The van der Waals surface area contributed by atoms with Gasteiger partial charge in [0, 0.05) is 27.9 Å². The predicted molar refractivity (Wildman–Crippen MR) is 152 cm³/mol. The minimum atomic E-state index is -0.890. The van der Waals surface area contributed by atoms with Crippen LogP contribution in [0.5, 0.6) is 0 Å². The fraction of sp³-hybridized carbons (Fsp3) is 0.300. The Balaban J connectivity index is 1.71. The number of fused-ring (bicyclic) bond motifs is 1. The van der Waals surface area contributed by atoms with Crippen LogP contribution in [0.2, 0.25) is 5.02 Å². The first-order chi connectivity index (χ1) is 18.0. The Bertz CT molecular complexity index is 1320. The van der Waals surface area contributed by atoms with E-state index in [2.05, 4.69) is 16.0 Å². The zero-order valence-electron chi connectivity index (χ0n) is 22.0. The molecule has 3 aromatic rings. The molecule has 0 saturated heterocycles. The van der Waals surface area contributed by atoms with Gasteiger partial charge in [-0.3, -0.25) is 9.59 Å². The first kappa shape index (κ1) is 27.2. The van der Waals surface area contributed by atoms with Gasteiger partial charge in [-0.05, 0) is 75.6 Å². The van der Waals surface area contributed by atoms with Crippen molar-refractivity contribution >= 4 is 40.8 Å². The van der Waals surface area contributed by atoms with Gasteiger partial charge in [-0.15, -0.1) is 0 Å². The third-order valence-corrected chi connectivity index (χ3v) is 6.56. The molecule has 7 nitrogen and oxygen atoms in total. The van der Waals surface area contributed by atoms with E-state index in [-0.39, 0.29) is 24.3 Å². The van der Waals surface area contributed by atoms with Crippen LogP contribution in [0.4, 0.5) is 16.2 Å². The van der Waals surface area contributed by atoms with E-state index in [0.29, 0.717) is 22.8 Å². The lowest BCUT2D eigenvalue weighted by Crippen LogP contribution is -2.53. The molecule has 8 heteroatoms. The van der Waals surface area contributed by atoms with Crippen LogP contribution in [0.25, 0.3) is 0 Å². The number of rotatable bonds is 5. The topological polar surface area (TPSA) is 90.5 Å². The second kappa shape index (κ2) is 11.3. The Morgan fingerprint density at radius 1 is 1.00 bits per heavy atom. The quantitative estimate of drug-likeness (QED) is 0.398. The van der Waals surface area contributed by atoms with E-state index >= 15 is 0 Å². The SMILES string of the molecule is Cc1ccc(NC(=O)NC2CC(c3ccccc3)c3cc(Cl)ccc3N(CC(=O)NC(C)(C)C)C2=O)cc1. The van der Waals surface area contributed by atoms with Gasteiger partial charge >= 0.3 is 6.03 Å². The molecule has 1 aliphatic rings. The normalized spacial score (nSPS) is 17.3. The lowest BCUT2D eigenvalue weighted by molar-refractivity contribution is -0.125. The maximum absolute atomic E-state index is 14.0. The Kier molecular flexibility index (Phi) is 8.07. The van der Waals surface area contributed by atoms with E-state index < -0.39 is 17.6 Å². The van der Waals surface area contributed by atoms with E-state index in [1.54, 1.807) is 24.3 Å². The average molecular weight is 533 g/mol. The van der Waals surface area contributed by atoms with Crippen LogP contribution in [0.1, 0.15) is 49.8 Å². The summed E-state index contributed by atoms with van der Waals surface area (Å²) in [6, 6.07) is 21.1. The van der Waals surface area contributed by atoms with Gasteiger partial charge in [-0.2, -0.15) is 0 Å². The summed E-state index contributed by atoms with van der Waals surface area (Å²) in [4.78, 5) is 41.4. The minimum Gasteiger partial charge on any atom is -0.350 e. The molecule has 2 atom stereocenters. The maximum Gasteiger partial charge on any atom is 0.319 e. The van der Waals surface area contributed by atoms with Crippen LogP contribution >= 0.6 is 11.6 Å². The second-order valence-corrected chi connectivity index (χ2v) is 11.1. The third kappa shape index (κ3) is 6.72. The van der Waals surface area contributed by atoms with Gasteiger partial charge in [0.25, 0.3) is 0 Å². The number of hydrogen-bond donors (Lipinski definition) is 3. The molecule has 1 heterocycles. The van der Waals surface area contributed by atoms with Crippen LogP contribution in [-0.4, -0.2) is 36.0 Å². The van der Waals surface area contributed by atoms with Crippen molar-refractivity contribution in [2.45, 2.75) is 51.6 Å². The monoisotopic (exact) mass is 532 g/mol. The molecule has 0 aliphatic carbocycles. The predicted octanol–water partition coefficient (Wildman–Crippen LogP) is 5.62. The van der Waals surface area contributed by atoms with Crippen molar-refractivity contribution in [3.05, 3.63) is 94.5 Å². The summed E-state index contributed by atoms with van der Waals surface area (Å²) in [5.74, 6) is -0.905. The Hall–Kier alpha value is -3.84. The molecule has 1 aliphatic heterocycles. The number of aryl methyl sites for hydroxylation is 1. The lowest BCUT2D eigenvalue weighted by Gasteiger charge is -2.28. The molecule has 0 aromatic heterocycles. The number of nitrogens with zero attached hydrogens (tertiary/aromatic N) is 1. The van der Waals surface area contributed by atoms with Gasteiger partial charge in [0.1, 0.15) is 12.6 Å². The number of halogens is 1. The molecule has 2 unspecified atom stereocenters. The highest BCUT2D eigenvalue weighted by Gasteiger charge is 2.37. The van der Waals surface area contributed by atoms with E-state index in [1.807, 2.05) is 76.2 Å². The summed E-state index contributed by atoms with van der Waals surface area (Å²) < 4.78 is 0. The van der Waals surface area contributed by atoms with Crippen molar-refractivity contribution in [3.8, 4) is 0 Å². The highest BCUT2D eigenvalue weighted by atomic mass is 35.5. The smallest absolute Gasteiger partial charge is 0.319 e. The van der Waals surface area contributed by atoms with Crippen LogP contribution < -0.4 is 20.9 Å². The molecule has 198 valence electrons. The fourth-order valence-corrected chi connectivity index (χ4v) is 4.85. The third-order valence-electron chi connectivity index (χ3n) is 6.32. The molecule has 0 radical (unpaired) electrons. The van der Waals surface area contributed by atoms with Gasteiger partial charge in [-0.25, -0.2) is 4.79 Å². The van der Waals surface area contributed by atoms with Crippen LogP contribution in [0.15, 0.2) is 72.8 Å². The van der Waals surface area contributed by atoms with Crippen LogP contribution in [0, 0.1) is 6.92 Å². The molecular weight excluding hydrogens is 500 g/mol. The van der Waals surface area contributed by atoms with Crippen molar-refractivity contribution in [1.29, 1.82) is 0 Å². The summed E-state index contributed by atoms with van der Waals surface area (Å²) in [5.41, 5.74) is 3.62. The highest BCUT2D eigenvalue weighted by Crippen LogP contribution is 2.40. The van der Waals surface area contributed by atoms with Crippen molar-refractivity contribution in [2.75, 3.05) is 16.8 Å². The standard InChI is InChI=1S/C30H33ClN4O3/c1-19-10-13-22(14-11-19)32-29(38)33-25-17-23(20-8-6-5-7-9-20)24-16-21(31)12-15-26(24)35(28(25)37)18-27(36)34-30(2,3)4/h5-16,23,25H,17-18H2,1-4H3,(H,34,36)(H2,32,33,38). The first-order valence-electron chi connectivity index (χ1n) is 12.6. The summed E-state index contributed by atoms with van der Waals surface area (Å²) >= 11 is 6.42. The summed E-state index contributed by atoms with van der Waals surface area (Å²) in [7, 11) is 0. The Morgan fingerprint density at radius 3 is 2.34 bits per heavy atom.